The Morgan fingerprint density at radius 2 is 2.18 bits per heavy atom. The maximum absolute atomic E-state index is 13.5. The average molecular weight is 243 g/mol. The molecule has 0 N–H and O–H groups in total. The second-order valence-electron chi connectivity index (χ2n) is 3.95. The topological polar surface area (TPSA) is 52.4 Å². The van der Waals surface area contributed by atoms with Crippen molar-refractivity contribution in [2.45, 2.75) is 25.0 Å². The molecule has 1 aliphatic rings. The maximum atomic E-state index is 13.5. The summed E-state index contributed by atoms with van der Waals surface area (Å²) in [5.41, 5.74) is -0.0774. The third kappa shape index (κ3) is 2.41. The van der Waals surface area contributed by atoms with Crippen molar-refractivity contribution in [2.75, 3.05) is 6.61 Å². The number of hydrogen-bond donors (Lipinski definition) is 0. The van der Waals surface area contributed by atoms with E-state index in [2.05, 4.69) is 0 Å². The molecule has 6 heteroatoms. The Morgan fingerprint density at radius 1 is 1.41 bits per heavy atom. The number of ether oxygens (including phenoxy) is 1. The Hall–Kier alpha value is -1.56. The second-order valence-corrected chi connectivity index (χ2v) is 3.95. The van der Waals surface area contributed by atoms with Gasteiger partial charge in [-0.05, 0) is 24.6 Å². The van der Waals surface area contributed by atoms with Crippen molar-refractivity contribution in [3.05, 3.63) is 45.5 Å². The first-order chi connectivity index (χ1) is 8.09. The molecular weight excluding hydrogens is 232 g/mol. The van der Waals surface area contributed by atoms with Gasteiger partial charge in [-0.1, -0.05) is 0 Å². The minimum absolute atomic E-state index is 0.0774. The van der Waals surface area contributed by atoms with E-state index in [0.29, 0.717) is 19.4 Å². The van der Waals surface area contributed by atoms with Crippen molar-refractivity contribution < 1.29 is 18.4 Å². The van der Waals surface area contributed by atoms with Gasteiger partial charge in [-0.2, -0.15) is 0 Å². The Labute approximate surface area is 96.3 Å². The van der Waals surface area contributed by atoms with Crippen LogP contribution < -0.4 is 0 Å². The summed E-state index contributed by atoms with van der Waals surface area (Å²) in [6.45, 7) is 0.324. The summed E-state index contributed by atoms with van der Waals surface area (Å²) in [5, 5.41) is 10.8. The highest BCUT2D eigenvalue weighted by Gasteiger charge is 2.37. The highest BCUT2D eigenvalue weighted by atomic mass is 19.1. The Kier molecular flexibility index (Phi) is 3.33. The van der Waals surface area contributed by atoms with E-state index >= 15 is 0 Å². The summed E-state index contributed by atoms with van der Waals surface area (Å²) < 4.78 is 31.8. The normalized spacial score (nSPS) is 24.6. The zero-order valence-electron chi connectivity index (χ0n) is 8.94. The van der Waals surface area contributed by atoms with Crippen LogP contribution >= 0.6 is 0 Å². The second kappa shape index (κ2) is 4.75. The summed E-state index contributed by atoms with van der Waals surface area (Å²) >= 11 is 0. The molecule has 1 fully saturated rings. The first kappa shape index (κ1) is 11.9. The molecule has 1 aromatic rings. The van der Waals surface area contributed by atoms with Gasteiger partial charge < -0.3 is 4.74 Å². The highest BCUT2D eigenvalue weighted by Crippen LogP contribution is 2.32. The molecule has 1 saturated heterocycles. The molecular formula is C11H11F2NO3. The average Bonchev–Trinajstić information content (AvgIpc) is 2.32. The number of nitrogens with zero attached hydrogens (tertiary/aromatic N) is 1. The lowest BCUT2D eigenvalue weighted by atomic mass is 9.96. The van der Waals surface area contributed by atoms with Gasteiger partial charge in [0.2, 0.25) is 6.04 Å². The number of benzene rings is 1. The van der Waals surface area contributed by atoms with Crippen LogP contribution in [0.4, 0.5) is 8.78 Å². The molecule has 2 atom stereocenters. The molecule has 0 saturated carbocycles. The summed E-state index contributed by atoms with van der Waals surface area (Å²) in [6.07, 6.45) is -0.137. The van der Waals surface area contributed by atoms with Crippen LogP contribution in [0.2, 0.25) is 0 Å². The number of halogens is 2. The number of hydrogen-bond acceptors (Lipinski definition) is 3. The summed E-state index contributed by atoms with van der Waals surface area (Å²) in [6, 6.07) is 1.88. The molecule has 0 spiro atoms. The third-order valence-corrected chi connectivity index (χ3v) is 2.83. The Balaban J connectivity index is 2.35. The Bertz CT molecular complexity index is 439. The molecule has 1 heterocycles. The lowest BCUT2D eigenvalue weighted by Crippen LogP contribution is -2.34. The Morgan fingerprint density at radius 3 is 2.88 bits per heavy atom. The minimum Gasteiger partial charge on any atom is -0.366 e. The standard InChI is InChI=1S/C11H11F2NO3/c12-7-3-4-9(13)8(6-7)11-10(14(15)16)2-1-5-17-11/h3-4,6,10-11H,1-2,5H2/t10-,11+/m0/s1. The van der Waals surface area contributed by atoms with Gasteiger partial charge in [0.05, 0.1) is 0 Å². The van der Waals surface area contributed by atoms with E-state index in [1.807, 2.05) is 0 Å². The van der Waals surface area contributed by atoms with E-state index in [0.717, 1.165) is 18.2 Å². The smallest absolute Gasteiger partial charge is 0.243 e. The van der Waals surface area contributed by atoms with Gasteiger partial charge in [-0.3, -0.25) is 10.1 Å². The van der Waals surface area contributed by atoms with Crippen LogP contribution in [0.1, 0.15) is 24.5 Å². The zero-order valence-corrected chi connectivity index (χ0v) is 8.94. The van der Waals surface area contributed by atoms with Crippen LogP contribution in [0.3, 0.4) is 0 Å². The third-order valence-electron chi connectivity index (χ3n) is 2.83. The first-order valence-corrected chi connectivity index (χ1v) is 5.29. The predicted octanol–water partition coefficient (Wildman–Crippen LogP) is 2.46. The van der Waals surface area contributed by atoms with Gasteiger partial charge in [-0.15, -0.1) is 0 Å². The molecule has 0 aromatic heterocycles. The van der Waals surface area contributed by atoms with E-state index < -0.39 is 28.7 Å². The molecule has 92 valence electrons. The summed E-state index contributed by atoms with van der Waals surface area (Å²) in [4.78, 5) is 10.4. The van der Waals surface area contributed by atoms with Crippen LogP contribution in [0.15, 0.2) is 18.2 Å². The first-order valence-electron chi connectivity index (χ1n) is 5.29. The maximum Gasteiger partial charge on any atom is 0.243 e. The minimum atomic E-state index is -1.01. The van der Waals surface area contributed by atoms with Crippen LogP contribution in [0.25, 0.3) is 0 Å². The monoisotopic (exact) mass is 243 g/mol. The molecule has 0 amide bonds. The molecule has 4 nitrogen and oxygen atoms in total. The van der Waals surface area contributed by atoms with Crippen molar-refractivity contribution in [1.82, 2.24) is 0 Å². The largest absolute Gasteiger partial charge is 0.366 e. The van der Waals surface area contributed by atoms with Crippen LogP contribution in [0, 0.1) is 21.7 Å². The van der Waals surface area contributed by atoms with Gasteiger partial charge in [0, 0.05) is 23.5 Å². The van der Waals surface area contributed by atoms with Crippen molar-refractivity contribution in [1.29, 1.82) is 0 Å². The van der Waals surface area contributed by atoms with E-state index in [4.69, 9.17) is 4.74 Å². The van der Waals surface area contributed by atoms with Gasteiger partial charge in [0.15, 0.2) is 6.10 Å². The van der Waals surface area contributed by atoms with Gasteiger partial charge in [0.25, 0.3) is 0 Å². The molecule has 1 aliphatic heterocycles. The van der Waals surface area contributed by atoms with Crippen LogP contribution in [-0.2, 0) is 4.74 Å². The molecule has 0 radical (unpaired) electrons. The fourth-order valence-electron chi connectivity index (χ4n) is 2.01. The predicted molar refractivity (Wildman–Crippen MR) is 55.1 cm³/mol. The fraction of sp³-hybridized carbons (Fsp3) is 0.455. The van der Waals surface area contributed by atoms with E-state index in [1.54, 1.807) is 0 Å². The van der Waals surface area contributed by atoms with Crippen LogP contribution in [-0.4, -0.2) is 17.6 Å². The lowest BCUT2D eigenvalue weighted by molar-refractivity contribution is -0.542. The van der Waals surface area contributed by atoms with Crippen molar-refractivity contribution in [2.24, 2.45) is 0 Å². The van der Waals surface area contributed by atoms with Crippen molar-refractivity contribution in [3.63, 3.8) is 0 Å². The lowest BCUT2D eigenvalue weighted by Gasteiger charge is -2.26. The van der Waals surface area contributed by atoms with Gasteiger partial charge >= 0.3 is 0 Å². The van der Waals surface area contributed by atoms with Crippen LogP contribution in [0.5, 0.6) is 0 Å². The van der Waals surface area contributed by atoms with Gasteiger partial charge in [0.1, 0.15) is 11.6 Å². The molecule has 1 aromatic carbocycles. The number of nitro groups is 1. The molecule has 2 rings (SSSR count). The van der Waals surface area contributed by atoms with E-state index in [1.165, 1.54) is 0 Å². The summed E-state index contributed by atoms with van der Waals surface area (Å²) in [5.74, 6) is -1.30. The summed E-state index contributed by atoms with van der Waals surface area (Å²) in [7, 11) is 0. The highest BCUT2D eigenvalue weighted by molar-refractivity contribution is 5.22. The van der Waals surface area contributed by atoms with E-state index in [-0.39, 0.29) is 5.56 Å². The van der Waals surface area contributed by atoms with Gasteiger partial charge in [-0.25, -0.2) is 8.78 Å². The SMILES string of the molecule is O=[N+]([O-])[C@H]1CCCO[C@@H]1c1cc(F)ccc1F. The van der Waals surface area contributed by atoms with E-state index in [9.17, 15) is 18.9 Å². The molecule has 0 bridgehead atoms. The van der Waals surface area contributed by atoms with Crippen molar-refractivity contribution >= 4 is 0 Å². The fourth-order valence-corrected chi connectivity index (χ4v) is 2.01. The molecule has 0 aliphatic carbocycles. The molecule has 17 heavy (non-hydrogen) atoms. The zero-order chi connectivity index (χ0) is 12.4. The number of rotatable bonds is 2. The quantitative estimate of drug-likeness (QED) is 0.592. The molecule has 0 unspecified atom stereocenters. The van der Waals surface area contributed by atoms with Crippen molar-refractivity contribution in [3.8, 4) is 0 Å².